The van der Waals surface area contributed by atoms with Gasteiger partial charge in [0.1, 0.15) is 0 Å². The number of amides is 2. The topological polar surface area (TPSA) is 83.5 Å². The highest BCUT2D eigenvalue weighted by atomic mass is 35.5. The Hall–Kier alpha value is -3.51. The van der Waals surface area contributed by atoms with Crippen LogP contribution in [0.4, 0.5) is 5.69 Å². The molecular weight excluding hydrogens is 376 g/mol. The quantitative estimate of drug-likeness (QED) is 0.507. The van der Waals surface area contributed by atoms with Gasteiger partial charge in [-0.1, -0.05) is 41.4 Å². The first-order valence-electron chi connectivity index (χ1n) is 8.44. The van der Waals surface area contributed by atoms with Crippen LogP contribution in [0.25, 0.3) is 0 Å². The number of carbonyl (C=O) groups excluding carboxylic acids is 2. The van der Waals surface area contributed by atoms with Crippen LogP contribution >= 0.6 is 11.6 Å². The molecular formula is C21H17ClN4O2. The van der Waals surface area contributed by atoms with Gasteiger partial charge in [-0.3, -0.25) is 14.6 Å². The molecule has 2 amide bonds. The zero-order valence-electron chi connectivity index (χ0n) is 15.0. The molecule has 0 bridgehead atoms. The number of anilines is 1. The summed E-state index contributed by atoms with van der Waals surface area (Å²) in [7, 11) is 0. The van der Waals surface area contributed by atoms with E-state index in [1.807, 2.05) is 31.2 Å². The first-order valence-corrected chi connectivity index (χ1v) is 8.82. The summed E-state index contributed by atoms with van der Waals surface area (Å²) in [6.07, 6.45) is 4.58. The molecule has 1 heterocycles. The number of benzene rings is 2. The molecule has 1 aromatic heterocycles. The normalized spacial score (nSPS) is 10.6. The fraction of sp³-hybridized carbons (Fsp3) is 0.0476. The summed E-state index contributed by atoms with van der Waals surface area (Å²) in [5.41, 5.74) is 5.36. The Kier molecular flexibility index (Phi) is 6.14. The van der Waals surface area contributed by atoms with Crippen LogP contribution in [-0.2, 0) is 0 Å². The van der Waals surface area contributed by atoms with Gasteiger partial charge in [-0.15, -0.1) is 0 Å². The Morgan fingerprint density at radius 3 is 2.57 bits per heavy atom. The summed E-state index contributed by atoms with van der Waals surface area (Å²) in [6, 6.07) is 15.5. The Bertz CT molecular complexity index is 1040. The highest BCUT2D eigenvalue weighted by Gasteiger charge is 2.15. The molecule has 0 unspecified atom stereocenters. The molecule has 2 aromatic carbocycles. The van der Waals surface area contributed by atoms with Gasteiger partial charge in [0.05, 0.1) is 17.5 Å². The third kappa shape index (κ3) is 5.02. The van der Waals surface area contributed by atoms with Crippen molar-refractivity contribution in [3.05, 3.63) is 94.3 Å². The van der Waals surface area contributed by atoms with Crippen LogP contribution < -0.4 is 10.7 Å². The molecule has 7 heteroatoms. The summed E-state index contributed by atoms with van der Waals surface area (Å²) in [4.78, 5) is 28.8. The van der Waals surface area contributed by atoms with Gasteiger partial charge >= 0.3 is 0 Å². The molecule has 0 aliphatic rings. The lowest BCUT2D eigenvalue weighted by Crippen LogP contribution is -2.21. The van der Waals surface area contributed by atoms with Crippen LogP contribution in [0.1, 0.15) is 31.8 Å². The number of nitrogens with zero attached hydrogens (tertiary/aromatic N) is 2. The van der Waals surface area contributed by atoms with Gasteiger partial charge in [0, 0.05) is 23.0 Å². The van der Waals surface area contributed by atoms with Gasteiger partial charge in [-0.25, -0.2) is 5.43 Å². The number of pyridine rings is 1. The van der Waals surface area contributed by atoms with E-state index >= 15 is 0 Å². The van der Waals surface area contributed by atoms with Crippen molar-refractivity contribution in [1.29, 1.82) is 0 Å². The zero-order valence-corrected chi connectivity index (χ0v) is 15.8. The molecule has 0 aliphatic heterocycles. The molecule has 0 fully saturated rings. The molecule has 3 aromatic rings. The number of hydrogen-bond donors (Lipinski definition) is 2. The van der Waals surface area contributed by atoms with Crippen molar-refractivity contribution in [2.24, 2.45) is 5.10 Å². The molecule has 0 aliphatic carbocycles. The molecule has 0 radical (unpaired) electrons. The SMILES string of the molecule is Cc1cccc(/C=N/NC(=O)c2cc(Cl)ccc2NC(=O)c2ccncc2)c1. The maximum absolute atomic E-state index is 12.5. The van der Waals surface area contributed by atoms with Crippen LogP contribution in [0.5, 0.6) is 0 Å². The Balaban J connectivity index is 1.76. The second kappa shape index (κ2) is 8.92. The summed E-state index contributed by atoms with van der Waals surface area (Å²) in [6.45, 7) is 1.97. The molecule has 3 rings (SSSR count). The van der Waals surface area contributed by atoms with Crippen molar-refractivity contribution in [1.82, 2.24) is 10.4 Å². The third-order valence-electron chi connectivity index (χ3n) is 3.84. The van der Waals surface area contributed by atoms with Crippen molar-refractivity contribution in [2.75, 3.05) is 5.32 Å². The first kappa shape index (κ1) is 19.3. The maximum atomic E-state index is 12.5. The van der Waals surface area contributed by atoms with E-state index in [9.17, 15) is 9.59 Å². The monoisotopic (exact) mass is 392 g/mol. The van der Waals surface area contributed by atoms with Gasteiger partial charge in [0.25, 0.3) is 11.8 Å². The van der Waals surface area contributed by atoms with E-state index in [1.54, 1.807) is 30.5 Å². The second-order valence-corrected chi connectivity index (χ2v) is 6.43. The van der Waals surface area contributed by atoms with Gasteiger partial charge in [0.2, 0.25) is 0 Å². The van der Waals surface area contributed by atoms with E-state index in [4.69, 9.17) is 11.6 Å². The molecule has 0 saturated heterocycles. The minimum Gasteiger partial charge on any atom is -0.321 e. The van der Waals surface area contributed by atoms with E-state index in [0.29, 0.717) is 16.3 Å². The molecule has 0 atom stereocenters. The van der Waals surface area contributed by atoms with Gasteiger partial charge in [-0.2, -0.15) is 5.10 Å². The van der Waals surface area contributed by atoms with E-state index in [2.05, 4.69) is 20.8 Å². The van der Waals surface area contributed by atoms with Crippen molar-refractivity contribution >= 4 is 35.3 Å². The predicted molar refractivity (Wildman–Crippen MR) is 110 cm³/mol. The largest absolute Gasteiger partial charge is 0.321 e. The van der Waals surface area contributed by atoms with Crippen LogP contribution in [0.15, 0.2) is 72.1 Å². The highest BCUT2D eigenvalue weighted by Crippen LogP contribution is 2.21. The predicted octanol–water partition coefficient (Wildman–Crippen LogP) is 4.06. The Morgan fingerprint density at radius 2 is 1.82 bits per heavy atom. The van der Waals surface area contributed by atoms with E-state index in [-0.39, 0.29) is 11.5 Å². The minimum atomic E-state index is -0.489. The molecule has 6 nitrogen and oxygen atoms in total. The number of hydrogen-bond acceptors (Lipinski definition) is 4. The number of aromatic nitrogens is 1. The average molecular weight is 393 g/mol. The number of nitrogens with one attached hydrogen (secondary N) is 2. The van der Waals surface area contributed by atoms with E-state index in [1.165, 1.54) is 18.5 Å². The molecule has 28 heavy (non-hydrogen) atoms. The van der Waals surface area contributed by atoms with Crippen LogP contribution in [-0.4, -0.2) is 23.0 Å². The van der Waals surface area contributed by atoms with Gasteiger partial charge in [-0.05, 0) is 42.8 Å². The second-order valence-electron chi connectivity index (χ2n) is 5.99. The average Bonchev–Trinajstić information content (AvgIpc) is 2.70. The van der Waals surface area contributed by atoms with E-state index in [0.717, 1.165) is 11.1 Å². The van der Waals surface area contributed by atoms with E-state index < -0.39 is 5.91 Å². The van der Waals surface area contributed by atoms with Gasteiger partial charge < -0.3 is 5.32 Å². The summed E-state index contributed by atoms with van der Waals surface area (Å²) in [5, 5.41) is 7.06. The maximum Gasteiger partial charge on any atom is 0.273 e. The molecule has 2 N–H and O–H groups in total. The van der Waals surface area contributed by atoms with Crippen LogP contribution in [0.2, 0.25) is 5.02 Å². The smallest absolute Gasteiger partial charge is 0.273 e. The number of rotatable bonds is 5. The van der Waals surface area contributed by atoms with Crippen molar-refractivity contribution in [2.45, 2.75) is 6.92 Å². The lowest BCUT2D eigenvalue weighted by Gasteiger charge is -2.10. The van der Waals surface area contributed by atoms with Crippen molar-refractivity contribution in [3.8, 4) is 0 Å². The van der Waals surface area contributed by atoms with Crippen molar-refractivity contribution in [3.63, 3.8) is 0 Å². The lowest BCUT2D eigenvalue weighted by molar-refractivity contribution is 0.0956. The standard InChI is InChI=1S/C21H17ClN4O2/c1-14-3-2-4-15(11-14)13-24-26-21(28)18-12-17(22)5-6-19(18)25-20(27)16-7-9-23-10-8-16/h2-13H,1H3,(H,25,27)(H,26,28)/b24-13+. The van der Waals surface area contributed by atoms with Gasteiger partial charge in [0.15, 0.2) is 0 Å². The van der Waals surface area contributed by atoms with Crippen LogP contribution in [0.3, 0.4) is 0 Å². The summed E-state index contributed by atoms with van der Waals surface area (Å²) < 4.78 is 0. The fourth-order valence-corrected chi connectivity index (χ4v) is 2.66. The summed E-state index contributed by atoms with van der Waals surface area (Å²) in [5.74, 6) is -0.849. The Labute approximate surface area is 167 Å². The molecule has 0 saturated carbocycles. The number of halogens is 1. The van der Waals surface area contributed by atoms with Crippen molar-refractivity contribution < 1.29 is 9.59 Å². The third-order valence-corrected chi connectivity index (χ3v) is 4.07. The lowest BCUT2D eigenvalue weighted by atomic mass is 10.1. The summed E-state index contributed by atoms with van der Waals surface area (Å²) >= 11 is 6.02. The minimum absolute atomic E-state index is 0.205. The molecule has 0 spiro atoms. The number of carbonyl (C=O) groups is 2. The molecule has 140 valence electrons. The first-order chi connectivity index (χ1) is 13.5. The van der Waals surface area contributed by atoms with Crippen LogP contribution in [0, 0.1) is 6.92 Å². The highest BCUT2D eigenvalue weighted by molar-refractivity contribution is 6.31. The number of aryl methyl sites for hydroxylation is 1. The number of hydrazone groups is 1. The zero-order chi connectivity index (χ0) is 19.9. The fourth-order valence-electron chi connectivity index (χ4n) is 2.49. The Morgan fingerprint density at radius 1 is 1.04 bits per heavy atom.